The summed E-state index contributed by atoms with van der Waals surface area (Å²) in [7, 11) is -6.24. The summed E-state index contributed by atoms with van der Waals surface area (Å²) >= 11 is 1.28. The minimum Gasteiger partial charge on any atom is -0.469 e. The van der Waals surface area contributed by atoms with E-state index in [0.717, 1.165) is 6.26 Å². The van der Waals surface area contributed by atoms with Gasteiger partial charge in [0.25, 0.3) is 10.1 Å². The fourth-order valence-corrected chi connectivity index (χ4v) is 8.63. The largest absolute Gasteiger partial charge is 0.469 e. The molecule has 0 aromatic heterocycles. The Morgan fingerprint density at radius 1 is 1.30 bits per heavy atom. The van der Waals surface area contributed by atoms with Crippen LogP contribution >= 0.6 is 11.8 Å². The van der Waals surface area contributed by atoms with Crippen LogP contribution in [0.1, 0.15) is 0 Å². The van der Waals surface area contributed by atoms with Crippen LogP contribution in [0.15, 0.2) is 0 Å². The second-order valence-electron chi connectivity index (χ2n) is 5.03. The molecule has 2 bridgehead atoms. The minimum absolute atomic E-state index is 0.388. The third-order valence-corrected chi connectivity index (χ3v) is 8.22. The summed E-state index contributed by atoms with van der Waals surface area (Å²) in [6, 6.07) is -0.615. The summed E-state index contributed by atoms with van der Waals surface area (Å²) in [6.45, 7) is 0. The third-order valence-electron chi connectivity index (χ3n) is 3.80. The predicted octanol–water partition coefficient (Wildman–Crippen LogP) is -1.71. The number of sulfonamides is 1. The second-order valence-corrected chi connectivity index (χ2v) is 9.86. The zero-order valence-electron chi connectivity index (χ0n) is 10.5. The number of hydrogen-bond acceptors (Lipinski definition) is 8. The van der Waals surface area contributed by atoms with Gasteiger partial charge in [0.15, 0.2) is 0 Å². The highest BCUT2D eigenvalue weighted by atomic mass is 32.2. The van der Waals surface area contributed by atoms with Crippen molar-refractivity contribution in [3.8, 4) is 0 Å². The minimum atomic E-state index is -3.75. The zero-order valence-corrected chi connectivity index (χ0v) is 13.0. The highest BCUT2D eigenvalue weighted by molar-refractivity contribution is 8.03. The first kappa shape index (κ1) is 14.6. The number of rotatable bonds is 3. The van der Waals surface area contributed by atoms with Gasteiger partial charge in [-0.15, -0.1) is 11.8 Å². The molecule has 1 N–H and O–H groups in total. The Bertz CT molecular complexity index is 657. The Labute approximate surface area is 120 Å². The Kier molecular flexibility index (Phi) is 3.15. The van der Waals surface area contributed by atoms with Gasteiger partial charge in [-0.25, -0.2) is 13.1 Å². The highest BCUT2D eigenvalue weighted by Crippen LogP contribution is 2.56. The van der Waals surface area contributed by atoms with Gasteiger partial charge in [-0.2, -0.15) is 8.42 Å². The lowest BCUT2D eigenvalue weighted by Crippen LogP contribution is -2.50. The molecule has 0 aromatic carbocycles. The number of fused-ring (bicyclic) bond motifs is 1. The molecule has 3 fully saturated rings. The lowest BCUT2D eigenvalue weighted by atomic mass is 9.84. The Hall–Kier alpha value is -0.360. The summed E-state index contributed by atoms with van der Waals surface area (Å²) in [5.41, 5.74) is 0. The van der Waals surface area contributed by atoms with E-state index in [1.165, 1.54) is 18.9 Å². The summed E-state index contributed by atoms with van der Waals surface area (Å²) in [4.78, 5) is 11.9. The molecule has 20 heavy (non-hydrogen) atoms. The van der Waals surface area contributed by atoms with Crippen molar-refractivity contribution in [1.29, 1.82) is 0 Å². The SMILES string of the molecule is COC(=O)C1C2SC3C(NS(=O)(=O)C31)C2OS(C)(=O)=O. The predicted molar refractivity (Wildman–Crippen MR) is 70.0 cm³/mol. The van der Waals surface area contributed by atoms with Crippen LogP contribution in [-0.2, 0) is 33.9 Å². The van der Waals surface area contributed by atoms with Gasteiger partial charge in [0.1, 0.15) is 11.4 Å². The van der Waals surface area contributed by atoms with Crippen molar-refractivity contribution in [3.63, 3.8) is 0 Å². The molecule has 0 amide bonds. The molecular formula is C9H13NO7S3. The van der Waals surface area contributed by atoms with Crippen molar-refractivity contribution >= 4 is 37.9 Å². The molecule has 0 aliphatic carbocycles. The number of ether oxygens (including phenoxy) is 1. The smallest absolute Gasteiger partial charge is 0.311 e. The molecule has 114 valence electrons. The number of hydrogen-bond donors (Lipinski definition) is 1. The molecule has 3 aliphatic rings. The standard InChI is InChI=1S/C9H13NO7S3/c1-16-9(11)3-6-5(17-19(2,12)13)4-7(18-6)8(3)20(14,15)10-4/h3-8,10H,1-2H3. The van der Waals surface area contributed by atoms with Crippen molar-refractivity contribution < 1.29 is 30.6 Å². The molecule has 6 unspecified atom stereocenters. The summed E-state index contributed by atoms with van der Waals surface area (Å²) in [5, 5.41) is -1.81. The fraction of sp³-hybridized carbons (Fsp3) is 0.889. The highest BCUT2D eigenvalue weighted by Gasteiger charge is 2.71. The van der Waals surface area contributed by atoms with Gasteiger partial charge in [-0.1, -0.05) is 0 Å². The quantitative estimate of drug-likeness (QED) is 0.476. The van der Waals surface area contributed by atoms with Gasteiger partial charge < -0.3 is 4.74 Å². The molecule has 0 spiro atoms. The van der Waals surface area contributed by atoms with Gasteiger partial charge in [0.05, 0.1) is 25.3 Å². The van der Waals surface area contributed by atoms with Gasteiger partial charge in [0, 0.05) is 10.5 Å². The molecule has 3 rings (SSSR count). The van der Waals surface area contributed by atoms with Gasteiger partial charge in [-0.3, -0.25) is 8.98 Å². The number of carbonyl (C=O) groups is 1. The summed E-state index contributed by atoms with van der Waals surface area (Å²) in [6.07, 6.45) is 0.0233. The molecule has 3 heterocycles. The van der Waals surface area contributed by atoms with E-state index in [2.05, 4.69) is 9.46 Å². The Balaban J connectivity index is 2.02. The first-order chi connectivity index (χ1) is 9.15. The molecule has 0 radical (unpaired) electrons. The fourth-order valence-electron chi connectivity index (χ4n) is 3.19. The van der Waals surface area contributed by atoms with E-state index in [-0.39, 0.29) is 5.25 Å². The van der Waals surface area contributed by atoms with Gasteiger partial charge in [-0.05, 0) is 0 Å². The lowest BCUT2D eigenvalue weighted by molar-refractivity contribution is -0.146. The second kappa shape index (κ2) is 4.32. The van der Waals surface area contributed by atoms with E-state index in [9.17, 15) is 21.6 Å². The van der Waals surface area contributed by atoms with Crippen molar-refractivity contribution in [2.45, 2.75) is 27.9 Å². The van der Waals surface area contributed by atoms with Crippen LogP contribution in [0.3, 0.4) is 0 Å². The molecular weight excluding hydrogens is 330 g/mol. The maximum Gasteiger partial charge on any atom is 0.311 e. The van der Waals surface area contributed by atoms with Crippen LogP contribution in [0.25, 0.3) is 0 Å². The summed E-state index contributed by atoms with van der Waals surface area (Å²) in [5.74, 6) is -1.55. The van der Waals surface area contributed by atoms with Crippen molar-refractivity contribution in [2.24, 2.45) is 5.92 Å². The third kappa shape index (κ3) is 1.98. The van der Waals surface area contributed by atoms with E-state index >= 15 is 0 Å². The topological polar surface area (TPSA) is 116 Å². The average Bonchev–Trinajstić information content (AvgIpc) is 2.88. The number of carbonyl (C=O) groups excluding carboxylic acids is 1. The maximum absolute atomic E-state index is 12.1. The first-order valence-corrected chi connectivity index (χ1v) is 10.1. The van der Waals surface area contributed by atoms with Crippen molar-refractivity contribution in [3.05, 3.63) is 0 Å². The van der Waals surface area contributed by atoms with Crippen LogP contribution in [0.5, 0.6) is 0 Å². The van der Waals surface area contributed by atoms with E-state index in [1.807, 2.05) is 0 Å². The van der Waals surface area contributed by atoms with Gasteiger partial charge >= 0.3 is 5.97 Å². The van der Waals surface area contributed by atoms with Crippen LogP contribution in [0.2, 0.25) is 0 Å². The molecule has 3 aliphatic heterocycles. The van der Waals surface area contributed by atoms with Crippen LogP contribution in [-0.4, -0.2) is 64.1 Å². The van der Waals surface area contributed by atoms with E-state index in [4.69, 9.17) is 4.18 Å². The van der Waals surface area contributed by atoms with E-state index < -0.39 is 54.7 Å². The van der Waals surface area contributed by atoms with Crippen molar-refractivity contribution in [1.82, 2.24) is 4.72 Å². The molecule has 3 saturated heterocycles. The van der Waals surface area contributed by atoms with E-state index in [1.54, 1.807) is 0 Å². The average molecular weight is 343 g/mol. The lowest BCUT2D eigenvalue weighted by Gasteiger charge is -2.28. The zero-order chi connectivity index (χ0) is 14.9. The Morgan fingerprint density at radius 3 is 2.50 bits per heavy atom. The molecule has 8 nitrogen and oxygen atoms in total. The monoisotopic (exact) mass is 343 g/mol. The number of esters is 1. The normalized spacial score (nSPS) is 44.7. The van der Waals surface area contributed by atoms with Crippen LogP contribution in [0, 0.1) is 5.92 Å². The Morgan fingerprint density at radius 2 is 1.95 bits per heavy atom. The number of nitrogens with one attached hydrogen (secondary N) is 1. The molecule has 0 saturated carbocycles. The molecule has 0 aromatic rings. The summed E-state index contributed by atoms with van der Waals surface area (Å²) < 4.78 is 58.9. The maximum atomic E-state index is 12.1. The number of thioether (sulfide) groups is 1. The van der Waals surface area contributed by atoms with Crippen molar-refractivity contribution in [2.75, 3.05) is 13.4 Å². The van der Waals surface area contributed by atoms with Gasteiger partial charge in [0.2, 0.25) is 10.0 Å². The molecule has 6 atom stereocenters. The molecule has 11 heteroatoms. The first-order valence-electron chi connectivity index (χ1n) is 5.78. The van der Waals surface area contributed by atoms with E-state index in [0.29, 0.717) is 0 Å². The van der Waals surface area contributed by atoms with Crippen LogP contribution in [0.4, 0.5) is 0 Å². The number of methoxy groups -OCH3 is 1. The van der Waals surface area contributed by atoms with Crippen LogP contribution < -0.4 is 4.72 Å².